The zero-order valence-corrected chi connectivity index (χ0v) is 8.91. The largest absolute Gasteiger partial charge is 0.498 e. The van der Waals surface area contributed by atoms with Crippen LogP contribution in [0, 0.1) is 0 Å². The van der Waals surface area contributed by atoms with Crippen molar-refractivity contribution >= 4 is 0 Å². The summed E-state index contributed by atoms with van der Waals surface area (Å²) in [6.07, 6.45) is 0. The van der Waals surface area contributed by atoms with Crippen LogP contribution in [0.4, 0.5) is 0 Å². The summed E-state index contributed by atoms with van der Waals surface area (Å²) in [4.78, 5) is 0. The Morgan fingerprint density at radius 1 is 1.07 bits per heavy atom. The van der Waals surface area contributed by atoms with E-state index >= 15 is 0 Å². The van der Waals surface area contributed by atoms with Crippen molar-refractivity contribution < 1.29 is 9.47 Å². The molecular formula is C12H16O2. The standard InChI is InChI=1S/C12H16O2/c1-10(13-3)11(2)14-9-12-7-5-4-6-8-12/h4-8H,9H2,1-3H3. The molecule has 0 heterocycles. The molecule has 0 spiro atoms. The topological polar surface area (TPSA) is 18.5 Å². The molecule has 0 aliphatic heterocycles. The van der Waals surface area contributed by atoms with E-state index in [1.165, 1.54) is 0 Å². The minimum Gasteiger partial charge on any atom is -0.498 e. The second kappa shape index (κ2) is 5.32. The lowest BCUT2D eigenvalue weighted by molar-refractivity contribution is 0.168. The van der Waals surface area contributed by atoms with Crippen LogP contribution in [0.25, 0.3) is 0 Å². The lowest BCUT2D eigenvalue weighted by atomic mass is 10.2. The zero-order valence-electron chi connectivity index (χ0n) is 8.91. The Balaban J connectivity index is 2.50. The summed E-state index contributed by atoms with van der Waals surface area (Å²) >= 11 is 0. The van der Waals surface area contributed by atoms with Gasteiger partial charge in [-0.2, -0.15) is 0 Å². The van der Waals surface area contributed by atoms with Gasteiger partial charge >= 0.3 is 0 Å². The maximum Gasteiger partial charge on any atom is 0.131 e. The van der Waals surface area contributed by atoms with Gasteiger partial charge in [-0.25, -0.2) is 0 Å². The molecule has 0 saturated heterocycles. The molecule has 2 heteroatoms. The van der Waals surface area contributed by atoms with Gasteiger partial charge in [0.2, 0.25) is 0 Å². The summed E-state index contributed by atoms with van der Waals surface area (Å²) in [5, 5.41) is 0. The number of benzene rings is 1. The normalized spacial score (nSPS) is 11.9. The summed E-state index contributed by atoms with van der Waals surface area (Å²) in [6.45, 7) is 4.38. The Labute approximate surface area is 85.2 Å². The third kappa shape index (κ3) is 3.13. The second-order valence-electron chi connectivity index (χ2n) is 3.09. The summed E-state index contributed by atoms with van der Waals surface area (Å²) in [5.41, 5.74) is 1.16. The van der Waals surface area contributed by atoms with E-state index in [4.69, 9.17) is 9.47 Å². The van der Waals surface area contributed by atoms with E-state index in [9.17, 15) is 0 Å². The van der Waals surface area contributed by atoms with Crippen molar-refractivity contribution in [3.63, 3.8) is 0 Å². The molecule has 0 atom stereocenters. The van der Waals surface area contributed by atoms with E-state index in [-0.39, 0.29) is 0 Å². The second-order valence-corrected chi connectivity index (χ2v) is 3.09. The summed E-state index contributed by atoms with van der Waals surface area (Å²) < 4.78 is 10.6. The van der Waals surface area contributed by atoms with Crippen LogP contribution >= 0.6 is 0 Å². The molecule has 2 nitrogen and oxygen atoms in total. The highest BCUT2D eigenvalue weighted by Crippen LogP contribution is 2.09. The monoisotopic (exact) mass is 192 g/mol. The molecule has 0 fully saturated rings. The van der Waals surface area contributed by atoms with Crippen LogP contribution in [0.15, 0.2) is 41.9 Å². The van der Waals surface area contributed by atoms with Gasteiger partial charge in [0.25, 0.3) is 0 Å². The van der Waals surface area contributed by atoms with Crippen LogP contribution in [0.2, 0.25) is 0 Å². The number of rotatable bonds is 4. The molecule has 76 valence electrons. The molecule has 1 rings (SSSR count). The number of ether oxygens (including phenoxy) is 2. The molecule has 1 aromatic rings. The van der Waals surface area contributed by atoms with Gasteiger partial charge in [-0.1, -0.05) is 30.3 Å². The molecule has 0 N–H and O–H groups in total. The molecule has 0 amide bonds. The van der Waals surface area contributed by atoms with Crippen molar-refractivity contribution in [2.75, 3.05) is 7.11 Å². The van der Waals surface area contributed by atoms with Crippen molar-refractivity contribution in [2.24, 2.45) is 0 Å². The van der Waals surface area contributed by atoms with Gasteiger partial charge in [-0.05, 0) is 19.4 Å². The minimum absolute atomic E-state index is 0.591. The van der Waals surface area contributed by atoms with E-state index in [1.807, 2.05) is 44.2 Å². The van der Waals surface area contributed by atoms with E-state index in [0.717, 1.165) is 17.1 Å². The highest BCUT2D eigenvalue weighted by Gasteiger charge is 1.97. The molecule has 0 aromatic heterocycles. The smallest absolute Gasteiger partial charge is 0.131 e. The average Bonchev–Trinajstić information content (AvgIpc) is 2.26. The van der Waals surface area contributed by atoms with Gasteiger partial charge < -0.3 is 9.47 Å². The third-order valence-electron chi connectivity index (χ3n) is 2.10. The first kappa shape index (κ1) is 10.6. The maximum atomic E-state index is 5.54. The zero-order chi connectivity index (χ0) is 10.4. The van der Waals surface area contributed by atoms with Crippen molar-refractivity contribution in [2.45, 2.75) is 20.5 Å². The molecule has 0 aliphatic carbocycles. The van der Waals surface area contributed by atoms with Gasteiger partial charge in [-0.3, -0.25) is 0 Å². The van der Waals surface area contributed by atoms with Gasteiger partial charge in [0.1, 0.15) is 18.1 Å². The molecular weight excluding hydrogens is 176 g/mol. The number of allylic oxidation sites excluding steroid dienone is 2. The molecule has 0 unspecified atom stereocenters. The van der Waals surface area contributed by atoms with E-state index < -0.39 is 0 Å². The Morgan fingerprint density at radius 2 is 1.71 bits per heavy atom. The minimum atomic E-state index is 0.591. The first-order valence-corrected chi connectivity index (χ1v) is 4.62. The quantitative estimate of drug-likeness (QED) is 0.682. The van der Waals surface area contributed by atoms with Gasteiger partial charge in [0.15, 0.2) is 0 Å². The van der Waals surface area contributed by atoms with Crippen molar-refractivity contribution in [3.8, 4) is 0 Å². The number of methoxy groups -OCH3 is 1. The number of hydrogen-bond acceptors (Lipinski definition) is 2. The Morgan fingerprint density at radius 3 is 2.29 bits per heavy atom. The Kier molecular flexibility index (Phi) is 4.05. The molecule has 0 radical (unpaired) electrons. The first-order valence-electron chi connectivity index (χ1n) is 4.62. The van der Waals surface area contributed by atoms with Crippen molar-refractivity contribution in [3.05, 3.63) is 47.4 Å². The van der Waals surface area contributed by atoms with Gasteiger partial charge in [0.05, 0.1) is 7.11 Å². The lowest BCUT2D eigenvalue weighted by Gasteiger charge is -2.09. The highest BCUT2D eigenvalue weighted by atomic mass is 16.5. The predicted octanol–water partition coefficient (Wildman–Crippen LogP) is 3.10. The highest BCUT2D eigenvalue weighted by molar-refractivity contribution is 5.13. The fourth-order valence-corrected chi connectivity index (χ4v) is 1.01. The Hall–Kier alpha value is -1.44. The van der Waals surface area contributed by atoms with Crippen LogP contribution in [0.5, 0.6) is 0 Å². The van der Waals surface area contributed by atoms with Crippen LogP contribution in [0.3, 0.4) is 0 Å². The average molecular weight is 192 g/mol. The van der Waals surface area contributed by atoms with Gasteiger partial charge in [-0.15, -0.1) is 0 Å². The van der Waals surface area contributed by atoms with Crippen LogP contribution in [-0.2, 0) is 16.1 Å². The Bertz CT molecular complexity index is 301. The predicted molar refractivity (Wildman–Crippen MR) is 56.6 cm³/mol. The van der Waals surface area contributed by atoms with Crippen molar-refractivity contribution in [1.82, 2.24) is 0 Å². The summed E-state index contributed by atoms with van der Waals surface area (Å²) in [5.74, 6) is 1.65. The first-order chi connectivity index (χ1) is 6.74. The van der Waals surface area contributed by atoms with Gasteiger partial charge in [0, 0.05) is 0 Å². The molecule has 0 saturated carbocycles. The maximum absolute atomic E-state index is 5.54. The summed E-state index contributed by atoms with van der Waals surface area (Å²) in [7, 11) is 1.64. The molecule has 14 heavy (non-hydrogen) atoms. The van der Waals surface area contributed by atoms with Crippen molar-refractivity contribution in [1.29, 1.82) is 0 Å². The molecule has 0 bridgehead atoms. The number of hydrogen-bond donors (Lipinski definition) is 0. The summed E-state index contributed by atoms with van der Waals surface area (Å²) in [6, 6.07) is 10.1. The lowest BCUT2D eigenvalue weighted by Crippen LogP contribution is -1.94. The third-order valence-corrected chi connectivity index (χ3v) is 2.10. The van der Waals surface area contributed by atoms with Crippen LogP contribution in [0.1, 0.15) is 19.4 Å². The fourth-order valence-electron chi connectivity index (χ4n) is 1.01. The molecule has 1 aromatic carbocycles. The van der Waals surface area contributed by atoms with E-state index in [1.54, 1.807) is 7.11 Å². The molecule has 0 aliphatic rings. The van der Waals surface area contributed by atoms with E-state index in [0.29, 0.717) is 6.61 Å². The van der Waals surface area contributed by atoms with Crippen LogP contribution < -0.4 is 0 Å². The fraction of sp³-hybridized carbons (Fsp3) is 0.333. The van der Waals surface area contributed by atoms with E-state index in [2.05, 4.69) is 0 Å². The SMILES string of the molecule is COC(C)=C(C)OCc1ccccc1. The van der Waals surface area contributed by atoms with Crippen LogP contribution in [-0.4, -0.2) is 7.11 Å².